The highest BCUT2D eigenvalue weighted by Gasteiger charge is 2.30. The molecule has 0 aromatic heterocycles. The Morgan fingerprint density at radius 2 is 0.500 bits per heavy atom. The van der Waals surface area contributed by atoms with Gasteiger partial charge in [-0.25, -0.2) is 9.13 Å². The lowest BCUT2D eigenvalue weighted by Gasteiger charge is -2.21. The minimum absolute atomic E-state index is 0.0759. The molecule has 104 heavy (non-hydrogen) atoms. The fourth-order valence-corrected chi connectivity index (χ4v) is 12.3. The molecule has 0 saturated heterocycles. The van der Waals surface area contributed by atoms with Crippen molar-refractivity contribution in [1.82, 2.24) is 0 Å². The minimum Gasteiger partial charge on any atom is -0.462 e. The van der Waals surface area contributed by atoms with Gasteiger partial charge in [-0.2, -0.15) is 0 Å². The van der Waals surface area contributed by atoms with Crippen molar-refractivity contribution in [2.24, 2.45) is 0 Å². The summed E-state index contributed by atoms with van der Waals surface area (Å²) in [6, 6.07) is 0. The topological polar surface area (TPSA) is 237 Å². The van der Waals surface area contributed by atoms with Gasteiger partial charge in [0.25, 0.3) is 0 Å². The van der Waals surface area contributed by atoms with Gasteiger partial charge in [0.2, 0.25) is 0 Å². The predicted octanol–water partition coefficient (Wildman–Crippen LogP) is 23.9. The Labute approximate surface area is 632 Å². The zero-order valence-electron chi connectivity index (χ0n) is 65.4. The maximum absolute atomic E-state index is 13.1. The van der Waals surface area contributed by atoms with Gasteiger partial charge in [0.05, 0.1) is 26.4 Å². The lowest BCUT2D eigenvalue weighted by Crippen LogP contribution is -2.30. The maximum Gasteiger partial charge on any atom is 0.472 e. The Bertz CT molecular complexity index is 2440. The van der Waals surface area contributed by atoms with Gasteiger partial charge < -0.3 is 33.8 Å². The highest BCUT2D eigenvalue weighted by Crippen LogP contribution is 2.45. The summed E-state index contributed by atoms with van der Waals surface area (Å²) in [6.07, 6.45) is 84.5. The molecule has 0 fully saturated rings. The molecule has 5 atom stereocenters. The van der Waals surface area contributed by atoms with Crippen LogP contribution in [0.1, 0.15) is 336 Å². The van der Waals surface area contributed by atoms with E-state index in [1.54, 1.807) is 0 Å². The van der Waals surface area contributed by atoms with E-state index >= 15 is 0 Å². The molecular weight excluding hydrogens is 1350 g/mol. The van der Waals surface area contributed by atoms with E-state index in [1.807, 2.05) is 0 Å². The van der Waals surface area contributed by atoms with Crippen molar-refractivity contribution >= 4 is 39.5 Å². The first-order chi connectivity index (χ1) is 50.7. The largest absolute Gasteiger partial charge is 0.472 e. The number of hydrogen-bond acceptors (Lipinski definition) is 15. The summed E-state index contributed by atoms with van der Waals surface area (Å²) in [5.74, 6) is -2.23. The first kappa shape index (κ1) is 99.5. The third kappa shape index (κ3) is 75.7. The van der Waals surface area contributed by atoms with E-state index in [0.717, 1.165) is 167 Å². The first-order valence-corrected chi connectivity index (χ1v) is 43.8. The molecule has 0 aliphatic rings. The van der Waals surface area contributed by atoms with Crippen LogP contribution in [0, 0.1) is 0 Å². The van der Waals surface area contributed by atoms with Crippen molar-refractivity contribution in [2.45, 2.75) is 354 Å². The quantitative estimate of drug-likeness (QED) is 0.0169. The van der Waals surface area contributed by atoms with Gasteiger partial charge in [0, 0.05) is 25.7 Å². The second-order valence-electron chi connectivity index (χ2n) is 27.0. The molecular formula is C85H146O17P2. The lowest BCUT2D eigenvalue weighted by molar-refractivity contribution is -0.161. The molecule has 0 rings (SSSR count). The Morgan fingerprint density at radius 1 is 0.279 bits per heavy atom. The van der Waals surface area contributed by atoms with Gasteiger partial charge in [-0.15, -0.1) is 0 Å². The first-order valence-electron chi connectivity index (χ1n) is 40.8. The molecule has 0 bridgehead atoms. The number of aliphatic hydroxyl groups excluding tert-OH is 1. The number of unbranched alkanes of at least 4 members (excludes halogenated alkanes) is 30. The van der Waals surface area contributed by atoms with E-state index in [4.69, 9.17) is 37.0 Å². The van der Waals surface area contributed by atoms with E-state index < -0.39 is 97.5 Å². The SMILES string of the molecule is CC/C=C\C/C=C\C/C=C\C/C=C\C/C=C\CCCCCC(=O)OCC(COP(=O)(O)OCC(O)COP(=O)(O)OCC(COC(=O)CCCCCC/C=C\C/C=C\C/C=C\C/C=C\CC)OC(=O)CCCCCCCCCCCCCCC)OC(=O)CCCCCCC/C=C\CCCCCCCC. The lowest BCUT2D eigenvalue weighted by atomic mass is 10.0. The van der Waals surface area contributed by atoms with Crippen molar-refractivity contribution in [1.29, 1.82) is 0 Å². The number of carbonyl (C=O) groups is 4. The molecule has 0 aromatic carbocycles. The Kier molecular flexibility index (Phi) is 73.3. The Hall–Kier alpha value is -4.54. The molecule has 0 saturated carbocycles. The Morgan fingerprint density at radius 3 is 0.788 bits per heavy atom. The fourth-order valence-electron chi connectivity index (χ4n) is 10.8. The number of hydrogen-bond donors (Lipinski definition) is 3. The third-order valence-corrected chi connectivity index (χ3v) is 18.8. The standard InChI is InChI=1S/C85H146O17P2/c1-5-9-13-17-21-25-29-33-36-38-39-41-44-47-50-54-58-62-66-70-83(88)96-76-81(102-85(90)72-68-64-60-56-52-48-42-35-31-27-23-19-15-11-7-3)78-100-104(93,94)98-74-79(86)73-97-103(91,92)99-77-80(101-84(89)71-67-63-59-55-51-45-32-28-24-20-16-12-8-4)75-95-82(87)69-65-61-57-53-49-46-43-40-37-34-30-26-22-18-14-10-6-2/h9-10,13-14,21-22,25-26,33-37,39,41-43,46-47,50,79-81,86H,5-8,11-12,15-20,23-24,27-32,38,40,44-45,48-49,51-78H2,1-4H3,(H,91,92)(H,93,94)/b13-9-,14-10-,25-21-,26-22-,36-33-,37-34-,41-39-,42-35-,46-43-,50-47-. The van der Waals surface area contributed by atoms with Gasteiger partial charge in [-0.1, -0.05) is 297 Å². The number of phosphoric ester groups is 2. The normalized spacial score (nSPS) is 14.5. The molecule has 17 nitrogen and oxygen atoms in total. The average molecular weight is 1500 g/mol. The number of ether oxygens (including phenoxy) is 4. The van der Waals surface area contributed by atoms with E-state index in [2.05, 4.69) is 149 Å². The predicted molar refractivity (Wildman–Crippen MR) is 427 cm³/mol. The molecule has 0 radical (unpaired) electrons. The van der Waals surface area contributed by atoms with Crippen LogP contribution >= 0.6 is 15.6 Å². The molecule has 0 heterocycles. The molecule has 0 aromatic rings. The summed E-state index contributed by atoms with van der Waals surface area (Å²) >= 11 is 0. The molecule has 3 N–H and O–H groups in total. The van der Waals surface area contributed by atoms with Gasteiger partial charge in [0.1, 0.15) is 19.3 Å². The van der Waals surface area contributed by atoms with Crippen molar-refractivity contribution in [2.75, 3.05) is 39.6 Å². The van der Waals surface area contributed by atoms with Crippen LogP contribution in [0.2, 0.25) is 0 Å². The maximum atomic E-state index is 13.1. The highest BCUT2D eigenvalue weighted by molar-refractivity contribution is 7.47. The number of allylic oxidation sites excluding steroid dienone is 20. The smallest absolute Gasteiger partial charge is 0.462 e. The molecule has 0 spiro atoms. The number of phosphoric acid groups is 2. The summed E-state index contributed by atoms with van der Waals surface area (Å²) in [5, 5.41) is 10.6. The minimum atomic E-state index is -4.99. The van der Waals surface area contributed by atoms with Crippen LogP contribution < -0.4 is 0 Å². The van der Waals surface area contributed by atoms with Crippen LogP contribution in [0.25, 0.3) is 0 Å². The van der Waals surface area contributed by atoms with Crippen LogP contribution in [-0.4, -0.2) is 96.7 Å². The van der Waals surface area contributed by atoms with Crippen LogP contribution in [0.5, 0.6) is 0 Å². The highest BCUT2D eigenvalue weighted by atomic mass is 31.2. The zero-order chi connectivity index (χ0) is 76.0. The van der Waals surface area contributed by atoms with Crippen molar-refractivity contribution in [3.8, 4) is 0 Å². The van der Waals surface area contributed by atoms with Crippen LogP contribution in [0.3, 0.4) is 0 Å². The van der Waals surface area contributed by atoms with Gasteiger partial charge in [-0.05, 0) is 135 Å². The third-order valence-electron chi connectivity index (χ3n) is 16.9. The Balaban J connectivity index is 5.40. The monoisotopic (exact) mass is 1500 g/mol. The molecule has 0 amide bonds. The van der Waals surface area contributed by atoms with E-state index in [0.29, 0.717) is 25.7 Å². The van der Waals surface area contributed by atoms with Gasteiger partial charge in [-0.3, -0.25) is 37.3 Å². The zero-order valence-corrected chi connectivity index (χ0v) is 67.2. The van der Waals surface area contributed by atoms with Crippen molar-refractivity contribution in [3.63, 3.8) is 0 Å². The molecule has 5 unspecified atom stereocenters. The number of rotatable bonds is 76. The number of carbonyl (C=O) groups excluding carboxylic acids is 4. The van der Waals surface area contributed by atoms with Gasteiger partial charge in [0.15, 0.2) is 12.2 Å². The molecule has 598 valence electrons. The van der Waals surface area contributed by atoms with Crippen molar-refractivity contribution < 1.29 is 80.2 Å². The van der Waals surface area contributed by atoms with Crippen LogP contribution in [0.15, 0.2) is 122 Å². The van der Waals surface area contributed by atoms with E-state index in [1.165, 1.54) is 89.9 Å². The van der Waals surface area contributed by atoms with E-state index in [9.17, 15) is 43.2 Å². The molecule has 19 heteroatoms. The number of esters is 4. The van der Waals surface area contributed by atoms with Crippen LogP contribution in [0.4, 0.5) is 0 Å². The average Bonchev–Trinajstić information content (AvgIpc) is 0.911. The summed E-state index contributed by atoms with van der Waals surface area (Å²) in [7, 11) is -9.97. The van der Waals surface area contributed by atoms with E-state index in [-0.39, 0.29) is 25.7 Å². The summed E-state index contributed by atoms with van der Waals surface area (Å²) in [4.78, 5) is 73.1. The van der Waals surface area contributed by atoms with Crippen LogP contribution in [-0.2, 0) is 65.4 Å². The summed E-state index contributed by atoms with van der Waals surface area (Å²) in [5.41, 5.74) is 0. The number of aliphatic hydroxyl groups is 1. The second-order valence-corrected chi connectivity index (χ2v) is 29.9. The fraction of sp³-hybridized carbons (Fsp3) is 0.718. The second kappa shape index (κ2) is 76.6. The summed E-state index contributed by atoms with van der Waals surface area (Å²) < 4.78 is 68.6. The van der Waals surface area contributed by atoms with Gasteiger partial charge >= 0.3 is 39.5 Å². The summed E-state index contributed by atoms with van der Waals surface area (Å²) in [6.45, 7) is 4.60. The van der Waals surface area contributed by atoms with Crippen molar-refractivity contribution in [3.05, 3.63) is 122 Å². The molecule has 0 aliphatic heterocycles. The molecule has 0 aliphatic carbocycles.